The topological polar surface area (TPSA) is 571 Å². The van der Waals surface area contributed by atoms with Crippen LogP contribution in [0.3, 0.4) is 0 Å². The van der Waals surface area contributed by atoms with Gasteiger partial charge in [0, 0.05) is 27.3 Å². The van der Waals surface area contributed by atoms with Gasteiger partial charge < -0.3 is 284 Å². The van der Waals surface area contributed by atoms with Crippen molar-refractivity contribution in [3.63, 3.8) is 0 Å². The molecule has 0 rings (SSSR count). The maximum absolute atomic E-state index is 6.25. The summed E-state index contributed by atoms with van der Waals surface area (Å²) in [5.41, 5.74) is 0. The minimum absolute atomic E-state index is 0. The third-order valence-electron chi connectivity index (χ3n) is 0. The van der Waals surface area contributed by atoms with Crippen LogP contribution in [-0.2, 0) is 45.9 Å². The van der Waals surface area contributed by atoms with Gasteiger partial charge in [-0.1, -0.05) is 0 Å². The predicted molar refractivity (Wildman–Crippen MR) is 136 cm³/mol. The van der Waals surface area contributed by atoms with Crippen molar-refractivity contribution >= 4 is 63.6 Å². The Bertz CT molecular complexity index is 683. The summed E-state index contributed by atoms with van der Waals surface area (Å²) in [6.45, 7) is 114. The van der Waals surface area contributed by atoms with Crippen molar-refractivity contribution in [1.82, 2.24) is 0 Å². The summed E-state index contributed by atoms with van der Waals surface area (Å²) in [5.74, 6) is 0. The Labute approximate surface area is 388 Å². The predicted octanol–water partition coefficient (Wildman–Crippen LogP) is 1.16. The smallest absolute Gasteiger partial charge is 0 e. The van der Waals surface area contributed by atoms with Gasteiger partial charge >= 0.3 is 82.2 Å². The summed E-state index contributed by atoms with van der Waals surface area (Å²) in [6, 6.07) is 0. The van der Waals surface area contributed by atoms with E-state index in [1.165, 1.54) is 0 Å². The van der Waals surface area contributed by atoms with Gasteiger partial charge in [0.2, 0.25) is 0 Å². The quantitative estimate of drug-likeness (QED) is 0.242. The number of rotatable bonds is 0. The molecule has 0 heterocycles. The van der Waals surface area contributed by atoms with Crippen LogP contribution in [0.5, 0.6) is 0 Å². The van der Waals surface area contributed by atoms with Crippen LogP contribution in [0.15, 0.2) is 0 Å². The fourth-order valence-electron chi connectivity index (χ4n) is 0. The summed E-state index contributed by atoms with van der Waals surface area (Å²) < 4.78 is 0. The van der Waals surface area contributed by atoms with Gasteiger partial charge in [0.1, 0.15) is 0 Å². The molecule has 0 aromatic carbocycles. The maximum Gasteiger partial charge on any atom is 0 e. The molecule has 0 aliphatic rings. The van der Waals surface area contributed by atoms with Gasteiger partial charge in [-0.15, -0.1) is 0 Å². The molecule has 0 bridgehead atoms. The Hall–Kier alpha value is -7.40. The Morgan fingerprint density at radius 3 is 0.145 bits per heavy atom. The number of nitrogens with zero attached hydrogens (tertiary/aromatic N) is 24. The Morgan fingerprint density at radius 1 is 0.145 bits per heavy atom. The average molecular weight is 1470 g/mol. The van der Waals surface area contributed by atoms with Crippen molar-refractivity contribution in [1.29, 1.82) is 126 Å². The van der Waals surface area contributed by atoms with E-state index in [9.17, 15) is 0 Å². The SMILES string of the molecule is [C-]#N.[C-]#N.[C-]#N.[C-]#N.[C-]#N.[C-]#N.[C-]#N.[C-]#N.[C-]#N.[C-]#N.[C-]#N.[C-]#N.[C-]#N.[C-]#N.[C-]#N.[C-]#N.[C-]#N.[C-]#N.[C-]#N.[C-]#N.[C-]#N.[C-]#N.[C-]#N.[C-]#N.[Fe]=[Pb]=[Fe].[Fe]=[Pb]=[Fe].[Pb]. The van der Waals surface area contributed by atoms with E-state index in [2.05, 4.69) is 45.9 Å². The van der Waals surface area contributed by atoms with E-state index in [4.69, 9.17) is 284 Å². The minimum atomic E-state index is -0.417. The van der Waals surface area contributed by atoms with E-state index >= 15 is 0 Å². The van der Waals surface area contributed by atoms with Crippen molar-refractivity contribution < 1.29 is 45.9 Å². The molecule has 0 saturated heterocycles. The Kier molecular flexibility index (Phi) is 14700. The molecule has 0 amide bonds. The zero-order valence-corrected chi connectivity index (χ0v) is 41.7. The molecule has 0 aromatic heterocycles. The van der Waals surface area contributed by atoms with Gasteiger partial charge in [-0.05, 0) is 0 Å². The second kappa shape index (κ2) is 3330. The van der Waals surface area contributed by atoms with Crippen molar-refractivity contribution in [2.45, 2.75) is 0 Å². The first-order chi connectivity index (χ1) is 26.8. The first-order valence-corrected chi connectivity index (χ1v) is 30.9. The van der Waals surface area contributed by atoms with Gasteiger partial charge in [0.25, 0.3) is 0 Å². The van der Waals surface area contributed by atoms with E-state index < -0.39 is 36.3 Å². The minimum Gasteiger partial charge on any atom is 0 e. The maximum atomic E-state index is 6.25. The summed E-state index contributed by atoms with van der Waals surface area (Å²) in [5, 5.41) is 150. The van der Waals surface area contributed by atoms with E-state index in [1.54, 1.807) is 0 Å². The van der Waals surface area contributed by atoms with Crippen LogP contribution in [0.4, 0.5) is 0 Å². The molecule has 24 nitrogen and oxygen atoms in total. The molecule has 0 fully saturated rings. The standard InChI is InChI=1S/24CN.4Fe.3Pb/c24*1-2;;;;;;;/q24*-1;;;;;;;. The van der Waals surface area contributed by atoms with Gasteiger partial charge in [0.15, 0.2) is 0 Å². The fourth-order valence-corrected chi connectivity index (χ4v) is 0. The third kappa shape index (κ3) is 1700. The molecule has 284 valence electrons. The average Bonchev–Trinajstić information content (AvgIpc) is 3.39. The Balaban J connectivity index is -0.00000000593. The van der Waals surface area contributed by atoms with Gasteiger partial charge in [-0.25, -0.2) is 0 Å². The van der Waals surface area contributed by atoms with E-state index in [1.807, 2.05) is 0 Å². The molecule has 0 spiro atoms. The van der Waals surface area contributed by atoms with Gasteiger partial charge in [-0.3, -0.25) is 0 Å². The van der Waals surface area contributed by atoms with E-state index in [0.717, 1.165) is 0 Å². The fraction of sp³-hybridized carbons (Fsp3) is 0. The normalized spacial score (nSPS) is 1.24. The van der Waals surface area contributed by atoms with Crippen LogP contribution in [0, 0.1) is 284 Å². The molecule has 0 aromatic rings. The van der Waals surface area contributed by atoms with Crippen LogP contribution in [-0.4, -0.2) is 63.6 Å². The molecule has 0 aliphatic carbocycles. The van der Waals surface area contributed by atoms with Gasteiger partial charge in [0.05, 0.1) is 0 Å². The molecule has 31 heteroatoms. The zero-order chi connectivity index (χ0) is 53.4. The molecule has 0 N–H and O–H groups in total. The van der Waals surface area contributed by atoms with Crippen LogP contribution in [0.2, 0.25) is 0 Å². The summed E-state index contributed by atoms with van der Waals surface area (Å²) in [4.78, 5) is 0. The molecule has 4 radical (unpaired) electrons. The van der Waals surface area contributed by atoms with Crippen molar-refractivity contribution in [3.05, 3.63) is 158 Å². The second-order valence-electron chi connectivity index (χ2n) is 0.125. The molecular formula is C24Fe4N24Pb3-24. The van der Waals surface area contributed by atoms with Crippen LogP contribution < -0.4 is 0 Å². The monoisotopic (exact) mass is 1470 g/mol. The summed E-state index contributed by atoms with van der Waals surface area (Å²) in [6.07, 6.45) is 0. The first kappa shape index (κ1) is 244. The largest absolute Gasteiger partial charge is 0 e. The molecule has 0 aliphatic heterocycles. The van der Waals surface area contributed by atoms with Crippen LogP contribution in [0.1, 0.15) is 0 Å². The van der Waals surface area contributed by atoms with Crippen LogP contribution >= 0.6 is 0 Å². The summed E-state index contributed by atoms with van der Waals surface area (Å²) >= 11 is 13.4. The van der Waals surface area contributed by atoms with Crippen molar-refractivity contribution in [3.8, 4) is 0 Å². The number of hydrogen-bond donors (Lipinski definition) is 0. The molecular weight excluding hydrogens is 1470 g/mol. The molecule has 0 saturated carbocycles. The van der Waals surface area contributed by atoms with E-state index in [0.29, 0.717) is 0 Å². The first-order valence-electron chi connectivity index (χ1n) is 6.07. The van der Waals surface area contributed by atoms with Crippen LogP contribution in [0.25, 0.3) is 0 Å². The number of hydrogen-bond acceptors (Lipinski definition) is 24. The van der Waals surface area contributed by atoms with E-state index in [-0.39, 0.29) is 27.3 Å². The Morgan fingerprint density at radius 2 is 0.145 bits per heavy atom. The van der Waals surface area contributed by atoms with Crippen molar-refractivity contribution in [2.75, 3.05) is 0 Å². The van der Waals surface area contributed by atoms with Gasteiger partial charge in [-0.2, -0.15) is 0 Å². The molecule has 0 atom stereocenters. The zero-order valence-electron chi connectivity index (χ0n) is 25.6. The molecule has 0 unspecified atom stereocenters. The molecule has 55 heavy (non-hydrogen) atoms. The third-order valence-corrected chi connectivity index (χ3v) is 0. The summed E-state index contributed by atoms with van der Waals surface area (Å²) in [7, 11) is 0. The second-order valence-corrected chi connectivity index (χ2v) is 18.6. The van der Waals surface area contributed by atoms with Crippen molar-refractivity contribution in [2.24, 2.45) is 0 Å².